The number of nitrogens with one attached hydrogen (secondary N) is 2. The minimum atomic E-state index is -1.25. The summed E-state index contributed by atoms with van der Waals surface area (Å²) in [5, 5.41) is 14.6. The maximum Gasteiger partial charge on any atom is 0.326 e. The average molecular weight is 419 g/mol. The van der Waals surface area contributed by atoms with E-state index >= 15 is 0 Å². The van der Waals surface area contributed by atoms with Gasteiger partial charge < -0.3 is 25.4 Å². The number of carbonyl (C=O) groups excluding carboxylic acids is 3. The van der Waals surface area contributed by atoms with Crippen molar-refractivity contribution in [2.45, 2.75) is 45.2 Å². The van der Waals surface area contributed by atoms with Crippen LogP contribution in [0, 0.1) is 5.92 Å². The second-order valence-corrected chi connectivity index (χ2v) is 7.76. The molecular weight excluding hydrogens is 390 g/mol. The number of aliphatic carboxylic acids is 1. The maximum absolute atomic E-state index is 12.8. The summed E-state index contributed by atoms with van der Waals surface area (Å²) in [6.45, 7) is 4.30. The van der Waals surface area contributed by atoms with E-state index in [4.69, 9.17) is 4.74 Å². The Morgan fingerprint density at radius 2 is 1.93 bits per heavy atom. The fourth-order valence-electron chi connectivity index (χ4n) is 3.18. The Morgan fingerprint density at radius 1 is 1.23 bits per heavy atom. The first-order chi connectivity index (χ1) is 14.2. The molecule has 30 heavy (non-hydrogen) atoms. The fraction of sp³-hybridized carbons (Fsp3) is 0.524. The van der Waals surface area contributed by atoms with Crippen molar-refractivity contribution in [3.63, 3.8) is 0 Å². The Bertz CT molecular complexity index is 795. The van der Waals surface area contributed by atoms with Gasteiger partial charge in [-0.05, 0) is 30.9 Å². The van der Waals surface area contributed by atoms with Crippen LogP contribution in [0.4, 0.5) is 0 Å². The van der Waals surface area contributed by atoms with Crippen molar-refractivity contribution in [1.29, 1.82) is 0 Å². The Kier molecular flexibility index (Phi) is 8.20. The van der Waals surface area contributed by atoms with Crippen LogP contribution in [-0.2, 0) is 14.4 Å². The van der Waals surface area contributed by atoms with Crippen LogP contribution in [0.2, 0.25) is 0 Å². The predicted octanol–water partition coefficient (Wildman–Crippen LogP) is 1.03. The average Bonchev–Trinajstić information content (AvgIpc) is 2.69. The van der Waals surface area contributed by atoms with Crippen molar-refractivity contribution >= 4 is 23.7 Å². The number of nitrogens with zero attached hydrogens (tertiary/aromatic N) is 1. The monoisotopic (exact) mass is 419 g/mol. The number of likely N-dealkylation sites (N-methyl/N-ethyl adjacent to an activating group) is 1. The van der Waals surface area contributed by atoms with Crippen LogP contribution in [0.3, 0.4) is 0 Å². The highest BCUT2D eigenvalue weighted by molar-refractivity contribution is 5.99. The minimum Gasteiger partial charge on any atom is -0.491 e. The highest BCUT2D eigenvalue weighted by Gasteiger charge is 2.27. The molecule has 0 bridgehead atoms. The topological polar surface area (TPSA) is 125 Å². The van der Waals surface area contributed by atoms with Gasteiger partial charge in [-0.3, -0.25) is 14.4 Å². The molecule has 0 fully saturated rings. The summed E-state index contributed by atoms with van der Waals surface area (Å²) in [4.78, 5) is 50.9. The van der Waals surface area contributed by atoms with Gasteiger partial charge in [-0.2, -0.15) is 0 Å². The zero-order chi connectivity index (χ0) is 22.3. The molecule has 0 saturated heterocycles. The van der Waals surface area contributed by atoms with E-state index in [-0.39, 0.29) is 43.4 Å². The van der Waals surface area contributed by atoms with Crippen molar-refractivity contribution in [2.75, 3.05) is 20.2 Å². The third kappa shape index (κ3) is 6.47. The van der Waals surface area contributed by atoms with E-state index < -0.39 is 29.9 Å². The zero-order valence-corrected chi connectivity index (χ0v) is 17.5. The SMILES string of the molecule is CC(C)C[C@@H]1NC(=O)CC[C@@H](C(=O)O)NC(=O)c2ccccc2OCCN(C)C1=O. The normalized spacial score (nSPS) is 21.6. The van der Waals surface area contributed by atoms with Gasteiger partial charge in [-0.15, -0.1) is 0 Å². The smallest absolute Gasteiger partial charge is 0.326 e. The van der Waals surface area contributed by atoms with E-state index in [0.717, 1.165) is 0 Å². The molecule has 9 nitrogen and oxygen atoms in total. The minimum absolute atomic E-state index is 0.103. The second kappa shape index (κ2) is 10.6. The molecule has 1 aliphatic heterocycles. The summed E-state index contributed by atoms with van der Waals surface area (Å²) < 4.78 is 5.70. The molecule has 2 atom stereocenters. The summed E-state index contributed by atoms with van der Waals surface area (Å²) in [6, 6.07) is 4.52. The molecule has 1 aromatic carbocycles. The molecule has 1 heterocycles. The first-order valence-corrected chi connectivity index (χ1v) is 9.99. The Hall–Kier alpha value is -3.10. The predicted molar refractivity (Wildman–Crippen MR) is 109 cm³/mol. The Morgan fingerprint density at radius 3 is 2.60 bits per heavy atom. The highest BCUT2D eigenvalue weighted by atomic mass is 16.5. The van der Waals surface area contributed by atoms with Crippen molar-refractivity contribution in [3.05, 3.63) is 29.8 Å². The van der Waals surface area contributed by atoms with Gasteiger partial charge >= 0.3 is 5.97 Å². The third-order valence-electron chi connectivity index (χ3n) is 4.80. The Balaban J connectivity index is 2.30. The van der Waals surface area contributed by atoms with Crippen LogP contribution in [0.1, 0.15) is 43.5 Å². The number of hydrogen-bond donors (Lipinski definition) is 3. The number of carbonyl (C=O) groups is 4. The van der Waals surface area contributed by atoms with Gasteiger partial charge in [0.05, 0.1) is 12.1 Å². The number of para-hydroxylation sites is 1. The first-order valence-electron chi connectivity index (χ1n) is 9.99. The zero-order valence-electron chi connectivity index (χ0n) is 17.5. The van der Waals surface area contributed by atoms with Crippen LogP contribution in [-0.4, -0.2) is 66.0 Å². The number of rotatable bonds is 3. The van der Waals surface area contributed by atoms with Gasteiger partial charge in [0, 0.05) is 13.5 Å². The molecule has 164 valence electrons. The molecule has 9 heteroatoms. The third-order valence-corrected chi connectivity index (χ3v) is 4.80. The largest absolute Gasteiger partial charge is 0.491 e. The van der Waals surface area contributed by atoms with E-state index in [0.29, 0.717) is 12.2 Å². The fourth-order valence-corrected chi connectivity index (χ4v) is 3.18. The van der Waals surface area contributed by atoms with Crippen molar-refractivity contribution < 1.29 is 29.0 Å². The molecule has 0 radical (unpaired) electrons. The quantitative estimate of drug-likeness (QED) is 0.672. The van der Waals surface area contributed by atoms with Crippen LogP contribution >= 0.6 is 0 Å². The van der Waals surface area contributed by atoms with Crippen LogP contribution in [0.25, 0.3) is 0 Å². The van der Waals surface area contributed by atoms with E-state index in [9.17, 15) is 24.3 Å². The molecular formula is C21H29N3O6. The van der Waals surface area contributed by atoms with E-state index in [1.165, 1.54) is 11.0 Å². The molecule has 2 rings (SSSR count). The maximum atomic E-state index is 12.8. The highest BCUT2D eigenvalue weighted by Crippen LogP contribution is 2.19. The number of ether oxygens (including phenoxy) is 1. The molecule has 3 N–H and O–H groups in total. The van der Waals surface area contributed by atoms with Gasteiger partial charge in [-0.25, -0.2) is 4.79 Å². The van der Waals surface area contributed by atoms with E-state index in [1.54, 1.807) is 25.2 Å². The van der Waals surface area contributed by atoms with Gasteiger partial charge in [0.15, 0.2) is 0 Å². The number of fused-ring (bicyclic) bond motifs is 1. The van der Waals surface area contributed by atoms with Gasteiger partial charge in [0.1, 0.15) is 24.4 Å². The van der Waals surface area contributed by atoms with E-state index in [1.807, 2.05) is 13.8 Å². The first kappa shape index (κ1) is 23.2. The molecule has 0 aromatic heterocycles. The number of hydrogen-bond acceptors (Lipinski definition) is 5. The Labute approximate surface area is 175 Å². The lowest BCUT2D eigenvalue weighted by Gasteiger charge is -2.26. The summed E-state index contributed by atoms with van der Waals surface area (Å²) in [7, 11) is 1.63. The van der Waals surface area contributed by atoms with Crippen molar-refractivity contribution in [1.82, 2.24) is 15.5 Å². The summed E-state index contributed by atoms with van der Waals surface area (Å²) in [5.41, 5.74) is 0.190. The molecule has 1 aromatic rings. The summed E-state index contributed by atoms with van der Waals surface area (Å²) in [6.07, 6.45) is 0.215. The van der Waals surface area contributed by atoms with Crippen LogP contribution in [0.15, 0.2) is 24.3 Å². The summed E-state index contributed by atoms with van der Waals surface area (Å²) in [5.74, 6) is -2.06. The lowest BCUT2D eigenvalue weighted by atomic mass is 10.0. The van der Waals surface area contributed by atoms with Gasteiger partial charge in [0.2, 0.25) is 11.8 Å². The van der Waals surface area contributed by atoms with Crippen LogP contribution < -0.4 is 15.4 Å². The van der Waals surface area contributed by atoms with Crippen LogP contribution in [0.5, 0.6) is 5.75 Å². The second-order valence-electron chi connectivity index (χ2n) is 7.76. The number of amides is 3. The van der Waals surface area contributed by atoms with Gasteiger partial charge in [-0.1, -0.05) is 26.0 Å². The molecule has 0 spiro atoms. The summed E-state index contributed by atoms with van der Waals surface area (Å²) >= 11 is 0. The number of carboxylic acid groups (broad SMARTS) is 1. The lowest BCUT2D eigenvalue weighted by molar-refractivity contribution is -0.140. The number of benzene rings is 1. The van der Waals surface area contributed by atoms with Crippen molar-refractivity contribution in [2.24, 2.45) is 5.92 Å². The number of carboxylic acids is 1. The van der Waals surface area contributed by atoms with Crippen molar-refractivity contribution in [3.8, 4) is 5.75 Å². The molecule has 0 unspecified atom stereocenters. The molecule has 0 aliphatic carbocycles. The molecule has 1 aliphatic rings. The standard InChI is InChI=1S/C21H29N3O6/c1-13(2)12-16-20(27)24(3)10-11-30-17-7-5-4-6-14(17)19(26)23-15(21(28)29)8-9-18(25)22-16/h4-7,13,15-16H,8-12H2,1-3H3,(H,22,25)(H,23,26)(H,28,29)/t15-,16-/m0/s1. The van der Waals surface area contributed by atoms with E-state index in [2.05, 4.69) is 10.6 Å². The molecule has 3 amide bonds. The lowest BCUT2D eigenvalue weighted by Crippen LogP contribution is -2.49. The van der Waals surface area contributed by atoms with Gasteiger partial charge in [0.25, 0.3) is 5.91 Å². The molecule has 0 saturated carbocycles.